The van der Waals surface area contributed by atoms with Crippen molar-refractivity contribution in [1.29, 1.82) is 0 Å². The highest BCUT2D eigenvalue weighted by Gasteiger charge is 2.56. The number of aromatic nitrogens is 1. The zero-order chi connectivity index (χ0) is 47.6. The Bertz CT molecular complexity index is 1870. The van der Waals surface area contributed by atoms with Gasteiger partial charge in [-0.05, 0) is 88.7 Å². The molecule has 4 heterocycles. The van der Waals surface area contributed by atoms with E-state index in [1.54, 1.807) is 40.0 Å². The molecule has 1 aromatic rings. The van der Waals surface area contributed by atoms with Crippen molar-refractivity contribution in [2.75, 3.05) is 34.5 Å². The van der Waals surface area contributed by atoms with E-state index >= 15 is 0 Å². The Kier molecular flexibility index (Phi) is 19.0. The second-order valence-electron chi connectivity index (χ2n) is 18.8. The predicted molar refractivity (Wildman–Crippen MR) is 238 cm³/mol. The summed E-state index contributed by atoms with van der Waals surface area (Å²) in [4.78, 5) is 58.7. The molecule has 4 N–H and O–H groups in total. The second-order valence-corrected chi connectivity index (χ2v) is 18.8. The van der Waals surface area contributed by atoms with E-state index in [4.69, 9.17) is 23.7 Å². The maximum absolute atomic E-state index is 14.5. The molecule has 65 heavy (non-hydrogen) atoms. The number of rotatable bonds is 9. The van der Waals surface area contributed by atoms with Crippen LogP contribution in [-0.4, -0.2) is 138 Å². The molecule has 0 aromatic carbocycles. The van der Waals surface area contributed by atoms with Crippen LogP contribution in [0.3, 0.4) is 0 Å². The summed E-state index contributed by atoms with van der Waals surface area (Å²) in [6.45, 7) is 6.79. The lowest BCUT2D eigenvalue weighted by atomic mass is 9.78. The van der Waals surface area contributed by atoms with Gasteiger partial charge in [-0.2, -0.15) is 4.73 Å². The Labute approximate surface area is 383 Å². The van der Waals surface area contributed by atoms with E-state index in [0.717, 1.165) is 16.0 Å². The van der Waals surface area contributed by atoms with Gasteiger partial charge in [0.25, 0.3) is 11.7 Å². The quantitative estimate of drug-likeness (QED) is 0.0911. The topological polar surface area (TPSA) is 226 Å². The summed E-state index contributed by atoms with van der Waals surface area (Å²) in [7, 11) is 4.51. The molecule has 4 aliphatic rings. The van der Waals surface area contributed by atoms with Gasteiger partial charge >= 0.3 is 5.97 Å². The molecule has 1 amide bonds. The first-order chi connectivity index (χ1) is 30.9. The molecular weight excluding hydrogens is 841 g/mol. The molecule has 16 nitrogen and oxygen atoms in total. The molecule has 3 aliphatic heterocycles. The number of Topliss-reactive ketones (excluding diaryl/α,β-unsaturated/α-hetero) is 2. The number of fused-ring (bicyclic) bond motifs is 3. The Hall–Kier alpha value is -3.87. The van der Waals surface area contributed by atoms with Gasteiger partial charge in [-0.25, -0.2) is 4.79 Å². The van der Waals surface area contributed by atoms with Crippen molar-refractivity contribution in [3.05, 3.63) is 64.7 Å². The van der Waals surface area contributed by atoms with Crippen molar-refractivity contribution in [1.82, 2.24) is 4.90 Å². The van der Waals surface area contributed by atoms with Gasteiger partial charge in [-0.15, -0.1) is 0 Å². The molecule has 0 spiro atoms. The fourth-order valence-corrected chi connectivity index (χ4v) is 10.1. The monoisotopic (exact) mass is 912 g/mol. The number of aliphatic hydroxyl groups is 4. The van der Waals surface area contributed by atoms with Crippen molar-refractivity contribution in [2.45, 2.75) is 153 Å². The molecule has 5 rings (SSSR count). The molecule has 0 radical (unpaired) electrons. The second kappa shape index (κ2) is 23.7. The Balaban J connectivity index is 1.57. The summed E-state index contributed by atoms with van der Waals surface area (Å²) in [5.74, 6) is -8.81. The van der Waals surface area contributed by atoms with Crippen molar-refractivity contribution in [3.8, 4) is 0 Å². The molecule has 3 fully saturated rings. The number of aliphatic hydroxyl groups excluding tert-OH is 3. The number of hydrogen-bond acceptors (Lipinski definition) is 14. The number of nitrogens with zero attached hydrogens (tertiary/aromatic N) is 2. The third-order valence-corrected chi connectivity index (χ3v) is 14.2. The molecule has 14 atom stereocenters. The van der Waals surface area contributed by atoms with E-state index in [9.17, 15) is 44.8 Å². The number of ether oxygens (including phenoxy) is 5. The summed E-state index contributed by atoms with van der Waals surface area (Å²) in [5.41, 5.74) is 2.16. The van der Waals surface area contributed by atoms with Crippen LogP contribution in [0.15, 0.2) is 53.9 Å². The van der Waals surface area contributed by atoms with E-state index in [1.165, 1.54) is 26.6 Å². The third kappa shape index (κ3) is 13.0. The van der Waals surface area contributed by atoms with Crippen LogP contribution in [0.1, 0.15) is 104 Å². The number of amides is 1. The van der Waals surface area contributed by atoms with Crippen LogP contribution in [-0.2, 0) is 42.9 Å². The van der Waals surface area contributed by atoms with Gasteiger partial charge in [-0.1, -0.05) is 43.7 Å². The number of ketones is 2. The highest BCUT2D eigenvalue weighted by molar-refractivity contribution is 6.39. The van der Waals surface area contributed by atoms with Gasteiger partial charge in [0.05, 0.1) is 30.5 Å². The molecule has 16 heteroatoms. The van der Waals surface area contributed by atoms with E-state index < -0.39 is 90.0 Å². The summed E-state index contributed by atoms with van der Waals surface area (Å²) in [6, 6.07) is 2.11. The van der Waals surface area contributed by atoms with Crippen molar-refractivity contribution >= 4 is 29.5 Å². The number of hydrogen-bond donors (Lipinski definition) is 4. The summed E-state index contributed by atoms with van der Waals surface area (Å²) in [6.07, 6.45) is 7.72. The number of methoxy groups -OCH3 is 3. The van der Waals surface area contributed by atoms with Crippen LogP contribution in [0, 0.1) is 34.8 Å². The Morgan fingerprint density at radius 2 is 1.65 bits per heavy atom. The maximum Gasteiger partial charge on any atom is 0.329 e. The first-order valence-corrected chi connectivity index (χ1v) is 23.2. The molecule has 1 aromatic heterocycles. The van der Waals surface area contributed by atoms with Crippen molar-refractivity contribution in [3.63, 3.8) is 0 Å². The highest BCUT2D eigenvalue weighted by atomic mass is 16.7. The standard InChI is InChI=1S/C49H72N2O14/c1-29-21-35(12-10-11-33-16-19-50(60)20-17-33)41(55)27-40(54)32(4)44(30(2)23-34-14-15-39(53)36(25-34)28-52)64-48(58)38-13-8-9-18-51(38)47(57)46(56)49(59)31(3)24-42(62-6)45(65-49)43(63-7)26-37(22-29)61-5/h10-11,16-17,19-21,23,31-32,34-40,42-45,52-54,59H,8-9,12-15,18,22,24-28H2,1-7H3/b11-10+,29-21+,30-23+/t31-,32-,34+,35-,36+,37+,38+,39-,40+,42+,43+,44-,45+,49-/m1/s1. The number of cyclic esters (lactones) is 1. The lowest BCUT2D eigenvalue weighted by Gasteiger charge is -2.47. The van der Waals surface area contributed by atoms with Crippen molar-refractivity contribution < 1.29 is 68.0 Å². The smallest absolute Gasteiger partial charge is 0.329 e. The zero-order valence-electron chi connectivity index (χ0n) is 39.1. The first-order valence-electron chi connectivity index (χ1n) is 23.2. The molecule has 362 valence electrons. The minimum atomic E-state index is -2.59. The van der Waals surface area contributed by atoms with Crippen LogP contribution in [0.2, 0.25) is 0 Å². The zero-order valence-corrected chi connectivity index (χ0v) is 39.1. The maximum atomic E-state index is 14.5. The van der Waals surface area contributed by atoms with Gasteiger partial charge in [0.15, 0.2) is 12.4 Å². The number of allylic oxidation sites excluding steroid dienone is 3. The number of carbonyl (C=O) groups is 4. The van der Waals surface area contributed by atoms with E-state index in [-0.39, 0.29) is 62.9 Å². The van der Waals surface area contributed by atoms with E-state index in [2.05, 4.69) is 0 Å². The molecule has 2 saturated heterocycles. The van der Waals surface area contributed by atoms with Crippen LogP contribution < -0.4 is 4.73 Å². The van der Waals surface area contributed by atoms with Crippen LogP contribution in [0.5, 0.6) is 0 Å². The Morgan fingerprint density at radius 1 is 0.954 bits per heavy atom. The largest absolute Gasteiger partial charge is 0.619 e. The Morgan fingerprint density at radius 3 is 2.31 bits per heavy atom. The fourth-order valence-electron chi connectivity index (χ4n) is 10.1. The third-order valence-electron chi connectivity index (χ3n) is 14.2. The molecule has 0 unspecified atom stereocenters. The molecule has 2 bridgehead atoms. The van der Waals surface area contributed by atoms with Gasteiger partial charge in [0.2, 0.25) is 5.79 Å². The minimum Gasteiger partial charge on any atom is -0.619 e. The summed E-state index contributed by atoms with van der Waals surface area (Å²) >= 11 is 0. The van der Waals surface area contributed by atoms with Gasteiger partial charge in [0.1, 0.15) is 24.0 Å². The van der Waals surface area contributed by atoms with E-state index in [1.807, 2.05) is 31.2 Å². The first kappa shape index (κ1) is 52.1. The lowest BCUT2D eigenvalue weighted by Crippen LogP contribution is -2.64. The minimum absolute atomic E-state index is 0.0410. The number of piperidine rings is 1. The molecular formula is C49H72N2O14. The SMILES string of the molecule is CO[C@H]1C/C(C)=C/[C@@H](C/C=C/c2cc[n+]([O-])cc2)C(=O)C[C@H](O)[C@@H](C)[C@@H](/C(C)=C/[C@@H]2CC[C@@H](O)[C@H](CO)C2)OC(=O)[C@@H]2CCCCN2C(=O)C(=O)[C@]2(O)O[C@H]([C@@H](OC)C1)[C@@H](OC)C[C@H]2C. The predicted octanol–water partition coefficient (Wildman–Crippen LogP) is 3.77. The molecule has 1 aliphatic carbocycles. The van der Waals surface area contributed by atoms with Gasteiger partial charge < -0.3 is 54.2 Å². The molecule has 1 saturated carbocycles. The van der Waals surface area contributed by atoms with Crippen LogP contribution >= 0.6 is 0 Å². The average molecular weight is 913 g/mol. The normalized spacial score (nSPS) is 37.5. The average Bonchev–Trinajstić information content (AvgIpc) is 3.29. The van der Waals surface area contributed by atoms with Crippen LogP contribution in [0.4, 0.5) is 0 Å². The highest BCUT2D eigenvalue weighted by Crippen LogP contribution is 2.39. The number of pyridine rings is 1. The van der Waals surface area contributed by atoms with Gasteiger partial charge in [0, 0.05) is 83.1 Å². The number of esters is 1. The fraction of sp³-hybridized carbons (Fsp3) is 0.694. The summed E-state index contributed by atoms with van der Waals surface area (Å²) in [5, 5.41) is 56.1. The van der Waals surface area contributed by atoms with Crippen LogP contribution in [0.25, 0.3) is 6.08 Å². The van der Waals surface area contributed by atoms with Gasteiger partial charge in [-0.3, -0.25) is 14.4 Å². The summed E-state index contributed by atoms with van der Waals surface area (Å²) < 4.78 is 30.9. The lowest BCUT2D eigenvalue weighted by molar-refractivity contribution is -0.605. The number of carbonyl (C=O) groups excluding carboxylic acids is 4. The van der Waals surface area contributed by atoms with E-state index in [0.29, 0.717) is 48.8 Å². The van der Waals surface area contributed by atoms with Crippen molar-refractivity contribution in [2.24, 2.45) is 29.6 Å².